The lowest BCUT2D eigenvalue weighted by Crippen LogP contribution is -2.43. The second kappa shape index (κ2) is 7.48. The van der Waals surface area contributed by atoms with Gasteiger partial charge in [0.05, 0.1) is 12.1 Å². The molecule has 2 unspecified atom stereocenters. The number of nitrogens with one attached hydrogen (secondary N) is 2. The van der Waals surface area contributed by atoms with Crippen LogP contribution in [0, 0.1) is 6.92 Å². The van der Waals surface area contributed by atoms with Crippen LogP contribution in [0.5, 0.6) is 0 Å². The monoisotopic (exact) mass is 269 g/mol. The summed E-state index contributed by atoms with van der Waals surface area (Å²) in [5.74, 6) is 0.0589. The van der Waals surface area contributed by atoms with Crippen LogP contribution in [0.4, 0.5) is 0 Å². The first kappa shape index (κ1) is 15.1. The smallest absolute Gasteiger partial charge is 0.236 e. The highest BCUT2D eigenvalue weighted by Crippen LogP contribution is 2.17. The molecule has 0 fully saturated rings. The lowest BCUT2D eigenvalue weighted by atomic mass is 10.2. The normalized spacial score (nSPS) is 14.2. The van der Waals surface area contributed by atoms with Crippen LogP contribution in [-0.4, -0.2) is 23.5 Å². The van der Waals surface area contributed by atoms with Gasteiger partial charge in [0.1, 0.15) is 5.01 Å². The predicted octanol–water partition coefficient (Wildman–Crippen LogP) is 2.41. The first-order valence-corrected chi connectivity index (χ1v) is 7.38. The van der Waals surface area contributed by atoms with Crippen molar-refractivity contribution in [3.05, 3.63) is 16.1 Å². The van der Waals surface area contributed by atoms with Gasteiger partial charge in [0.15, 0.2) is 0 Å². The van der Waals surface area contributed by atoms with Gasteiger partial charge in [0.25, 0.3) is 0 Å². The Labute approximate surface area is 113 Å². The van der Waals surface area contributed by atoms with Gasteiger partial charge in [0, 0.05) is 17.6 Å². The van der Waals surface area contributed by atoms with Crippen LogP contribution in [0.1, 0.15) is 50.4 Å². The van der Waals surface area contributed by atoms with Gasteiger partial charge in [-0.1, -0.05) is 13.3 Å². The first-order valence-electron chi connectivity index (χ1n) is 6.50. The van der Waals surface area contributed by atoms with Crippen molar-refractivity contribution in [2.45, 2.75) is 52.6 Å². The Hall–Kier alpha value is -0.940. The predicted molar refractivity (Wildman–Crippen MR) is 75.8 cm³/mol. The summed E-state index contributed by atoms with van der Waals surface area (Å²) in [5, 5.41) is 9.25. The summed E-state index contributed by atoms with van der Waals surface area (Å²) in [7, 11) is 0. The van der Waals surface area contributed by atoms with Gasteiger partial charge in [-0.25, -0.2) is 4.98 Å². The van der Waals surface area contributed by atoms with E-state index in [1.165, 1.54) is 0 Å². The fourth-order valence-corrected chi connectivity index (χ4v) is 2.45. The molecule has 0 saturated heterocycles. The van der Waals surface area contributed by atoms with Gasteiger partial charge in [-0.3, -0.25) is 10.1 Å². The van der Waals surface area contributed by atoms with E-state index in [4.69, 9.17) is 0 Å². The van der Waals surface area contributed by atoms with Gasteiger partial charge in [-0.15, -0.1) is 11.3 Å². The quantitative estimate of drug-likeness (QED) is 0.747. The summed E-state index contributed by atoms with van der Waals surface area (Å²) in [6.45, 7) is 8.77. The Balaban J connectivity index is 2.39. The maximum Gasteiger partial charge on any atom is 0.236 e. The molecule has 0 saturated carbocycles. The lowest BCUT2D eigenvalue weighted by Gasteiger charge is -2.18. The molecule has 0 aliphatic rings. The van der Waals surface area contributed by atoms with Gasteiger partial charge in [-0.2, -0.15) is 0 Å². The third kappa shape index (κ3) is 4.74. The fraction of sp³-hybridized carbons (Fsp3) is 0.692. The van der Waals surface area contributed by atoms with Gasteiger partial charge < -0.3 is 5.32 Å². The molecule has 18 heavy (non-hydrogen) atoms. The molecular formula is C13H23N3OS. The summed E-state index contributed by atoms with van der Waals surface area (Å²) in [6.07, 6.45) is 2.12. The van der Waals surface area contributed by atoms with Crippen molar-refractivity contribution >= 4 is 17.2 Å². The summed E-state index contributed by atoms with van der Waals surface area (Å²) in [5.41, 5.74) is 1.03. The largest absolute Gasteiger partial charge is 0.355 e. The molecule has 4 nitrogen and oxygen atoms in total. The van der Waals surface area contributed by atoms with Crippen LogP contribution in [0.15, 0.2) is 5.38 Å². The Morgan fingerprint density at radius 1 is 1.50 bits per heavy atom. The lowest BCUT2D eigenvalue weighted by molar-refractivity contribution is -0.122. The third-order valence-corrected chi connectivity index (χ3v) is 3.88. The third-order valence-electron chi connectivity index (χ3n) is 2.73. The average Bonchev–Trinajstić information content (AvgIpc) is 2.76. The molecule has 2 N–H and O–H groups in total. The zero-order valence-electron chi connectivity index (χ0n) is 11.6. The maximum absolute atomic E-state index is 11.8. The van der Waals surface area contributed by atoms with E-state index < -0.39 is 0 Å². The van der Waals surface area contributed by atoms with E-state index in [-0.39, 0.29) is 18.0 Å². The Bertz CT molecular complexity index is 378. The van der Waals surface area contributed by atoms with E-state index in [1.807, 2.05) is 26.2 Å². The number of amides is 1. The number of nitrogens with zero attached hydrogens (tertiary/aromatic N) is 1. The van der Waals surface area contributed by atoms with Crippen LogP contribution in [0.3, 0.4) is 0 Å². The van der Waals surface area contributed by atoms with Crippen molar-refractivity contribution < 1.29 is 4.79 Å². The van der Waals surface area contributed by atoms with Crippen LogP contribution in [-0.2, 0) is 4.79 Å². The zero-order valence-corrected chi connectivity index (χ0v) is 12.4. The number of unbranched alkanes of at least 4 members (excludes halogenated alkanes) is 1. The number of thiazole rings is 1. The van der Waals surface area contributed by atoms with Gasteiger partial charge in [0.2, 0.25) is 5.91 Å². The molecule has 0 bridgehead atoms. The highest BCUT2D eigenvalue weighted by Gasteiger charge is 2.17. The second-order valence-corrected chi connectivity index (χ2v) is 5.47. The zero-order chi connectivity index (χ0) is 13.5. The van der Waals surface area contributed by atoms with Gasteiger partial charge >= 0.3 is 0 Å². The molecule has 5 heteroatoms. The molecule has 0 aliphatic carbocycles. The van der Waals surface area contributed by atoms with E-state index in [1.54, 1.807) is 11.3 Å². The molecule has 2 atom stereocenters. The van der Waals surface area contributed by atoms with Crippen molar-refractivity contribution in [2.24, 2.45) is 0 Å². The van der Waals surface area contributed by atoms with E-state index >= 15 is 0 Å². The summed E-state index contributed by atoms with van der Waals surface area (Å²) in [6, 6.07) is -0.0864. The standard InChI is InChI=1S/C13H23N3OS/c1-5-6-7-14-12(17)10(3)16-11(4)13-15-9(2)8-18-13/h8,10-11,16H,5-7H2,1-4H3,(H,14,17). The van der Waals surface area contributed by atoms with Crippen molar-refractivity contribution in [3.8, 4) is 0 Å². The summed E-state index contributed by atoms with van der Waals surface area (Å²) >= 11 is 1.63. The maximum atomic E-state index is 11.8. The minimum Gasteiger partial charge on any atom is -0.355 e. The molecule has 0 aliphatic heterocycles. The van der Waals surface area contributed by atoms with Crippen LogP contribution >= 0.6 is 11.3 Å². The molecular weight excluding hydrogens is 246 g/mol. The van der Waals surface area contributed by atoms with E-state index in [2.05, 4.69) is 22.5 Å². The van der Waals surface area contributed by atoms with E-state index in [0.717, 1.165) is 30.1 Å². The molecule has 1 heterocycles. The molecule has 102 valence electrons. The fourth-order valence-electron chi connectivity index (χ4n) is 1.63. The number of carbonyl (C=O) groups excluding carboxylic acids is 1. The Morgan fingerprint density at radius 2 is 2.22 bits per heavy atom. The highest BCUT2D eigenvalue weighted by molar-refractivity contribution is 7.09. The molecule has 1 aromatic heterocycles. The number of hydrogen-bond acceptors (Lipinski definition) is 4. The molecule has 1 rings (SSSR count). The van der Waals surface area contributed by atoms with Crippen LogP contribution < -0.4 is 10.6 Å². The topological polar surface area (TPSA) is 54.0 Å². The average molecular weight is 269 g/mol. The van der Waals surface area contributed by atoms with E-state index in [9.17, 15) is 4.79 Å². The first-order chi connectivity index (χ1) is 8.54. The highest BCUT2D eigenvalue weighted by atomic mass is 32.1. The van der Waals surface area contributed by atoms with Crippen molar-refractivity contribution in [3.63, 3.8) is 0 Å². The molecule has 0 aromatic carbocycles. The number of aromatic nitrogens is 1. The van der Waals surface area contributed by atoms with Crippen LogP contribution in [0.25, 0.3) is 0 Å². The minimum atomic E-state index is -0.193. The van der Waals surface area contributed by atoms with E-state index in [0.29, 0.717) is 0 Å². The summed E-state index contributed by atoms with van der Waals surface area (Å²) in [4.78, 5) is 16.2. The minimum absolute atomic E-state index is 0.0589. The van der Waals surface area contributed by atoms with Crippen LogP contribution in [0.2, 0.25) is 0 Å². The number of hydrogen-bond donors (Lipinski definition) is 2. The summed E-state index contributed by atoms with van der Waals surface area (Å²) < 4.78 is 0. The Morgan fingerprint density at radius 3 is 2.78 bits per heavy atom. The number of rotatable bonds is 7. The number of carbonyl (C=O) groups is 1. The SMILES string of the molecule is CCCCNC(=O)C(C)NC(C)c1nc(C)cs1. The van der Waals surface area contributed by atoms with Gasteiger partial charge in [-0.05, 0) is 27.2 Å². The Kier molecular flexibility index (Phi) is 6.29. The molecule has 1 aromatic rings. The van der Waals surface area contributed by atoms with Crippen molar-refractivity contribution in [1.82, 2.24) is 15.6 Å². The van der Waals surface area contributed by atoms with Crippen molar-refractivity contribution in [1.29, 1.82) is 0 Å². The van der Waals surface area contributed by atoms with Crippen molar-refractivity contribution in [2.75, 3.05) is 6.54 Å². The molecule has 0 radical (unpaired) electrons. The second-order valence-electron chi connectivity index (χ2n) is 4.58. The molecule has 0 spiro atoms. The number of aryl methyl sites for hydroxylation is 1. The molecule has 1 amide bonds.